The summed E-state index contributed by atoms with van der Waals surface area (Å²) in [5.74, 6) is -1.43. The molecule has 3 heterocycles. The third kappa shape index (κ3) is 3.70. The van der Waals surface area contributed by atoms with Crippen molar-refractivity contribution in [1.82, 2.24) is 19.8 Å². The zero-order valence-corrected chi connectivity index (χ0v) is 13.0. The smallest absolute Gasteiger partial charge is 0.309 e. The predicted octanol–water partition coefficient (Wildman–Crippen LogP) is 0.0473. The number of rotatable bonds is 3. The Morgan fingerprint density at radius 2 is 2.04 bits per heavy atom. The molecule has 0 aliphatic carbocycles. The Bertz CT molecular complexity index is 542. The van der Waals surface area contributed by atoms with E-state index in [9.17, 15) is 14.7 Å². The summed E-state index contributed by atoms with van der Waals surface area (Å²) in [6, 6.07) is 0.337. The molecule has 23 heavy (non-hydrogen) atoms. The Morgan fingerprint density at radius 3 is 2.70 bits per heavy atom. The van der Waals surface area contributed by atoms with E-state index >= 15 is 0 Å². The normalized spacial score (nSPS) is 24.3. The number of carboxylic acid groups (broad SMARTS) is 1. The Hall–Kier alpha value is -1.93. The van der Waals surface area contributed by atoms with Gasteiger partial charge >= 0.3 is 5.97 Å². The minimum absolute atomic E-state index is 0.217. The summed E-state index contributed by atoms with van der Waals surface area (Å²) in [7, 11) is 0. The quantitative estimate of drug-likeness (QED) is 0.816. The average molecular weight is 322 g/mol. The number of aromatic amines is 1. The van der Waals surface area contributed by atoms with E-state index in [0.717, 1.165) is 12.8 Å². The summed E-state index contributed by atoms with van der Waals surface area (Å²) in [5.41, 5.74) is 0. The molecule has 0 aromatic carbocycles. The van der Waals surface area contributed by atoms with Crippen molar-refractivity contribution in [1.29, 1.82) is 0 Å². The van der Waals surface area contributed by atoms with Gasteiger partial charge in [0.25, 0.3) is 5.91 Å². The number of nitrogens with one attached hydrogen (secondary N) is 1. The van der Waals surface area contributed by atoms with Crippen LogP contribution in [0.3, 0.4) is 0 Å². The van der Waals surface area contributed by atoms with Gasteiger partial charge in [0, 0.05) is 57.8 Å². The molecule has 1 unspecified atom stereocenters. The second kappa shape index (κ2) is 7.10. The number of imidazole rings is 1. The van der Waals surface area contributed by atoms with Crippen molar-refractivity contribution in [3.05, 3.63) is 18.2 Å². The van der Waals surface area contributed by atoms with Gasteiger partial charge in [-0.05, 0) is 12.8 Å². The van der Waals surface area contributed by atoms with Crippen LogP contribution in [0.2, 0.25) is 0 Å². The maximum absolute atomic E-state index is 12.5. The van der Waals surface area contributed by atoms with Crippen LogP contribution in [0.1, 0.15) is 23.5 Å². The predicted molar refractivity (Wildman–Crippen MR) is 81.0 cm³/mol. The Balaban J connectivity index is 1.72. The summed E-state index contributed by atoms with van der Waals surface area (Å²) in [6.45, 7) is 3.32. The molecule has 1 amide bonds. The van der Waals surface area contributed by atoms with Crippen LogP contribution in [-0.2, 0) is 9.53 Å². The first-order chi connectivity index (χ1) is 11.1. The van der Waals surface area contributed by atoms with E-state index in [1.54, 1.807) is 11.1 Å². The second-order valence-corrected chi connectivity index (χ2v) is 6.06. The van der Waals surface area contributed by atoms with Gasteiger partial charge in [-0.25, -0.2) is 4.98 Å². The fraction of sp³-hybridized carbons (Fsp3) is 0.667. The number of aromatic nitrogens is 2. The highest BCUT2D eigenvalue weighted by Gasteiger charge is 2.34. The first-order valence-corrected chi connectivity index (χ1v) is 7.98. The SMILES string of the molecule is O=C(O)C1CN(C(=O)c2ncc[nH]2)CCN(C2CCOCC2)C1. The Morgan fingerprint density at radius 1 is 1.26 bits per heavy atom. The lowest BCUT2D eigenvalue weighted by atomic mass is 10.0. The number of H-pyrrole nitrogens is 1. The fourth-order valence-corrected chi connectivity index (χ4v) is 3.29. The number of hydrogen-bond donors (Lipinski definition) is 2. The standard InChI is InChI=1S/C15H22N4O4/c20-14(13-16-3-4-17-13)19-6-5-18(9-11(10-19)15(21)22)12-1-7-23-8-2-12/h3-4,11-12H,1-2,5-10H2,(H,16,17)(H,21,22). The minimum Gasteiger partial charge on any atom is -0.481 e. The van der Waals surface area contributed by atoms with Crippen LogP contribution in [0.25, 0.3) is 0 Å². The van der Waals surface area contributed by atoms with Gasteiger partial charge < -0.3 is 19.7 Å². The van der Waals surface area contributed by atoms with Gasteiger partial charge in [-0.2, -0.15) is 0 Å². The van der Waals surface area contributed by atoms with E-state index in [1.165, 1.54) is 6.20 Å². The van der Waals surface area contributed by atoms with Crippen LogP contribution in [0.4, 0.5) is 0 Å². The van der Waals surface area contributed by atoms with Crippen LogP contribution in [0.5, 0.6) is 0 Å². The first-order valence-electron chi connectivity index (χ1n) is 7.98. The van der Waals surface area contributed by atoms with Crippen LogP contribution in [0, 0.1) is 5.92 Å². The third-order valence-corrected chi connectivity index (χ3v) is 4.60. The third-order valence-electron chi connectivity index (χ3n) is 4.60. The molecule has 2 fully saturated rings. The van der Waals surface area contributed by atoms with E-state index in [-0.39, 0.29) is 18.3 Å². The number of amides is 1. The Kier molecular flexibility index (Phi) is 4.92. The van der Waals surface area contributed by atoms with Crippen molar-refractivity contribution < 1.29 is 19.4 Å². The highest BCUT2D eigenvalue weighted by molar-refractivity contribution is 5.90. The number of ether oxygens (including phenoxy) is 1. The zero-order valence-electron chi connectivity index (χ0n) is 13.0. The summed E-state index contributed by atoms with van der Waals surface area (Å²) in [6.07, 6.45) is 4.94. The van der Waals surface area contributed by atoms with Gasteiger partial charge in [0.2, 0.25) is 0 Å². The van der Waals surface area contributed by atoms with Gasteiger partial charge in [0.15, 0.2) is 5.82 Å². The largest absolute Gasteiger partial charge is 0.481 e. The van der Waals surface area contributed by atoms with E-state index in [1.807, 2.05) is 0 Å². The molecular formula is C15H22N4O4. The second-order valence-electron chi connectivity index (χ2n) is 6.06. The molecule has 1 aromatic heterocycles. The van der Waals surface area contributed by atoms with Crippen molar-refractivity contribution in [3.63, 3.8) is 0 Å². The summed E-state index contributed by atoms with van der Waals surface area (Å²) >= 11 is 0. The van der Waals surface area contributed by atoms with Gasteiger partial charge in [0.05, 0.1) is 5.92 Å². The van der Waals surface area contributed by atoms with Crippen molar-refractivity contribution in [2.75, 3.05) is 39.4 Å². The molecule has 0 radical (unpaired) electrons. The first kappa shape index (κ1) is 15.9. The minimum atomic E-state index is -0.860. The van der Waals surface area contributed by atoms with Crippen LogP contribution < -0.4 is 0 Å². The van der Waals surface area contributed by atoms with Crippen molar-refractivity contribution in [2.45, 2.75) is 18.9 Å². The maximum atomic E-state index is 12.5. The molecule has 0 saturated carbocycles. The number of hydrogen-bond acceptors (Lipinski definition) is 5. The number of carbonyl (C=O) groups is 2. The molecule has 1 aromatic rings. The average Bonchev–Trinajstić information content (AvgIpc) is 3.00. The van der Waals surface area contributed by atoms with Crippen LogP contribution >= 0.6 is 0 Å². The van der Waals surface area contributed by atoms with Crippen LogP contribution in [-0.4, -0.2) is 82.2 Å². The van der Waals surface area contributed by atoms with Crippen molar-refractivity contribution in [3.8, 4) is 0 Å². The molecule has 8 nitrogen and oxygen atoms in total. The summed E-state index contributed by atoms with van der Waals surface area (Å²) in [5, 5.41) is 9.50. The lowest BCUT2D eigenvalue weighted by molar-refractivity contribution is -0.142. The lowest BCUT2D eigenvalue weighted by Crippen LogP contribution is -2.43. The van der Waals surface area contributed by atoms with Crippen molar-refractivity contribution >= 4 is 11.9 Å². The molecule has 3 rings (SSSR count). The molecule has 1 atom stereocenters. The highest BCUT2D eigenvalue weighted by Crippen LogP contribution is 2.20. The molecule has 0 bridgehead atoms. The molecule has 8 heteroatoms. The molecule has 2 N–H and O–H groups in total. The number of carboxylic acids is 1. The summed E-state index contributed by atoms with van der Waals surface area (Å²) in [4.78, 5) is 34.6. The van der Waals surface area contributed by atoms with Gasteiger partial charge in [0.1, 0.15) is 0 Å². The highest BCUT2D eigenvalue weighted by atomic mass is 16.5. The van der Waals surface area contributed by atoms with Crippen LogP contribution in [0.15, 0.2) is 12.4 Å². The number of carbonyl (C=O) groups excluding carboxylic acids is 1. The maximum Gasteiger partial charge on any atom is 0.309 e. The van der Waals surface area contributed by atoms with Gasteiger partial charge in [-0.15, -0.1) is 0 Å². The number of aliphatic carboxylic acids is 1. The molecule has 2 aliphatic heterocycles. The van der Waals surface area contributed by atoms with E-state index in [2.05, 4.69) is 14.9 Å². The monoisotopic (exact) mass is 322 g/mol. The van der Waals surface area contributed by atoms with E-state index < -0.39 is 11.9 Å². The lowest BCUT2D eigenvalue weighted by Gasteiger charge is -2.34. The summed E-state index contributed by atoms with van der Waals surface area (Å²) < 4.78 is 5.38. The molecule has 2 saturated heterocycles. The topological polar surface area (TPSA) is 98.8 Å². The number of nitrogens with zero attached hydrogens (tertiary/aromatic N) is 3. The molecule has 2 aliphatic rings. The van der Waals surface area contributed by atoms with E-state index in [4.69, 9.17) is 4.74 Å². The molecular weight excluding hydrogens is 300 g/mol. The fourth-order valence-electron chi connectivity index (χ4n) is 3.29. The molecule has 0 spiro atoms. The van der Waals surface area contributed by atoms with Gasteiger partial charge in [-0.3, -0.25) is 14.5 Å². The van der Waals surface area contributed by atoms with E-state index in [0.29, 0.717) is 38.9 Å². The molecule has 126 valence electrons. The zero-order chi connectivity index (χ0) is 16.2. The van der Waals surface area contributed by atoms with Crippen molar-refractivity contribution in [2.24, 2.45) is 5.92 Å². The van der Waals surface area contributed by atoms with Gasteiger partial charge in [-0.1, -0.05) is 0 Å². The Labute approximate surface area is 134 Å².